The highest BCUT2D eigenvalue weighted by Crippen LogP contribution is 2.29. The van der Waals surface area contributed by atoms with Crippen LogP contribution in [0, 0.1) is 12.7 Å². The standard InChI is InChI=1S/C17H15FN2O3S/c1-10-3-8-14(24-10)13(21)9-20-15(22)17(2,19-16(20)23)11-4-6-12(18)7-5-11/h3-8H,9H2,1-2H3,(H,19,23)/t17-/m0/s1. The molecule has 7 heteroatoms. The number of hydrogen-bond acceptors (Lipinski definition) is 4. The molecule has 1 aliphatic rings. The van der Waals surface area contributed by atoms with Crippen molar-refractivity contribution in [2.45, 2.75) is 19.4 Å². The topological polar surface area (TPSA) is 66.5 Å². The first-order chi connectivity index (χ1) is 11.3. The van der Waals surface area contributed by atoms with Crippen molar-refractivity contribution in [2.24, 2.45) is 0 Å². The Labute approximate surface area is 142 Å². The Bertz CT molecular complexity index is 831. The lowest BCUT2D eigenvalue weighted by molar-refractivity contribution is -0.130. The second kappa shape index (κ2) is 5.83. The van der Waals surface area contributed by atoms with E-state index < -0.39 is 23.3 Å². The molecular weight excluding hydrogens is 331 g/mol. The lowest BCUT2D eigenvalue weighted by Gasteiger charge is -2.22. The van der Waals surface area contributed by atoms with Gasteiger partial charge in [-0.1, -0.05) is 12.1 Å². The van der Waals surface area contributed by atoms with Crippen LogP contribution in [0.5, 0.6) is 0 Å². The van der Waals surface area contributed by atoms with Crippen LogP contribution in [-0.2, 0) is 10.3 Å². The highest BCUT2D eigenvalue weighted by Gasteiger charge is 2.49. The van der Waals surface area contributed by atoms with E-state index in [1.165, 1.54) is 35.6 Å². The second-order valence-corrected chi connectivity index (χ2v) is 7.07. The highest BCUT2D eigenvalue weighted by molar-refractivity contribution is 7.14. The summed E-state index contributed by atoms with van der Waals surface area (Å²) < 4.78 is 13.1. The fourth-order valence-corrected chi connectivity index (χ4v) is 3.42. The van der Waals surface area contributed by atoms with E-state index in [9.17, 15) is 18.8 Å². The summed E-state index contributed by atoms with van der Waals surface area (Å²) in [6, 6.07) is 8.20. The molecule has 2 aromatic rings. The number of rotatable bonds is 4. The molecule has 5 nitrogen and oxygen atoms in total. The number of imide groups is 1. The zero-order valence-electron chi connectivity index (χ0n) is 13.1. The Kier molecular flexibility index (Phi) is 3.96. The molecule has 1 aromatic heterocycles. The average molecular weight is 346 g/mol. The molecule has 1 fully saturated rings. The second-order valence-electron chi connectivity index (χ2n) is 5.79. The Morgan fingerprint density at radius 3 is 2.46 bits per heavy atom. The number of nitrogens with one attached hydrogen (secondary N) is 1. The number of benzene rings is 1. The van der Waals surface area contributed by atoms with Gasteiger partial charge in [0.15, 0.2) is 5.78 Å². The monoisotopic (exact) mass is 346 g/mol. The average Bonchev–Trinajstić information content (AvgIpc) is 3.06. The molecule has 0 spiro atoms. The zero-order chi connectivity index (χ0) is 17.5. The van der Waals surface area contributed by atoms with Gasteiger partial charge in [-0.25, -0.2) is 9.18 Å². The predicted octanol–water partition coefficient (Wildman–Crippen LogP) is 2.85. The number of thiophene rings is 1. The maximum atomic E-state index is 13.1. The summed E-state index contributed by atoms with van der Waals surface area (Å²) in [6.07, 6.45) is 0. The van der Waals surface area contributed by atoms with Crippen molar-refractivity contribution in [2.75, 3.05) is 6.54 Å². The van der Waals surface area contributed by atoms with E-state index in [1.807, 2.05) is 13.0 Å². The van der Waals surface area contributed by atoms with Crippen LogP contribution in [0.1, 0.15) is 27.0 Å². The first-order valence-electron chi connectivity index (χ1n) is 7.31. The molecule has 0 unspecified atom stereocenters. The molecular formula is C17H15FN2O3S. The van der Waals surface area contributed by atoms with Crippen molar-refractivity contribution < 1.29 is 18.8 Å². The molecule has 0 aliphatic carbocycles. The largest absolute Gasteiger partial charge is 0.325 e. The van der Waals surface area contributed by atoms with Crippen molar-refractivity contribution in [3.63, 3.8) is 0 Å². The lowest BCUT2D eigenvalue weighted by Crippen LogP contribution is -2.41. The van der Waals surface area contributed by atoms with Crippen molar-refractivity contribution >= 4 is 29.1 Å². The van der Waals surface area contributed by atoms with Gasteiger partial charge in [-0.05, 0) is 43.7 Å². The summed E-state index contributed by atoms with van der Waals surface area (Å²) in [5.74, 6) is -1.25. The number of halogens is 1. The quantitative estimate of drug-likeness (QED) is 0.684. The van der Waals surface area contributed by atoms with Gasteiger partial charge in [0.25, 0.3) is 5.91 Å². The number of nitrogens with zero attached hydrogens (tertiary/aromatic N) is 1. The van der Waals surface area contributed by atoms with Gasteiger partial charge in [0.1, 0.15) is 11.4 Å². The zero-order valence-corrected chi connectivity index (χ0v) is 13.9. The lowest BCUT2D eigenvalue weighted by atomic mass is 9.92. The van der Waals surface area contributed by atoms with Gasteiger partial charge >= 0.3 is 6.03 Å². The summed E-state index contributed by atoms with van der Waals surface area (Å²) in [7, 11) is 0. The van der Waals surface area contributed by atoms with Gasteiger partial charge in [0, 0.05) is 4.88 Å². The van der Waals surface area contributed by atoms with Crippen molar-refractivity contribution in [1.82, 2.24) is 10.2 Å². The van der Waals surface area contributed by atoms with Crippen LogP contribution in [0.2, 0.25) is 0 Å². The number of carbonyl (C=O) groups is 3. The van der Waals surface area contributed by atoms with E-state index in [0.29, 0.717) is 10.4 Å². The van der Waals surface area contributed by atoms with Gasteiger partial charge in [0.05, 0.1) is 11.4 Å². The molecule has 1 atom stereocenters. The van der Waals surface area contributed by atoms with E-state index in [0.717, 1.165) is 9.78 Å². The van der Waals surface area contributed by atoms with E-state index in [4.69, 9.17) is 0 Å². The molecule has 1 saturated heterocycles. The third-order valence-corrected chi connectivity index (χ3v) is 5.06. The van der Waals surface area contributed by atoms with Crippen molar-refractivity contribution in [3.05, 3.63) is 57.5 Å². The minimum atomic E-state index is -1.31. The van der Waals surface area contributed by atoms with E-state index in [-0.39, 0.29) is 12.3 Å². The maximum absolute atomic E-state index is 13.1. The van der Waals surface area contributed by atoms with Crippen LogP contribution < -0.4 is 5.32 Å². The summed E-state index contributed by atoms with van der Waals surface area (Å²) in [5, 5.41) is 2.59. The first kappa shape index (κ1) is 16.3. The van der Waals surface area contributed by atoms with Crippen LogP contribution in [0.15, 0.2) is 36.4 Å². The highest BCUT2D eigenvalue weighted by atomic mass is 32.1. The summed E-state index contributed by atoms with van der Waals surface area (Å²) in [5.41, 5.74) is -0.847. The minimum Gasteiger partial charge on any atom is -0.319 e. The molecule has 0 radical (unpaired) electrons. The number of hydrogen-bond donors (Lipinski definition) is 1. The Morgan fingerprint density at radius 2 is 1.88 bits per heavy atom. The number of aryl methyl sites for hydroxylation is 1. The first-order valence-corrected chi connectivity index (χ1v) is 8.13. The van der Waals surface area contributed by atoms with E-state index >= 15 is 0 Å². The molecule has 0 bridgehead atoms. The molecule has 124 valence electrons. The fourth-order valence-electron chi connectivity index (χ4n) is 2.63. The summed E-state index contributed by atoms with van der Waals surface area (Å²) >= 11 is 1.32. The molecule has 3 amide bonds. The van der Waals surface area contributed by atoms with Gasteiger partial charge in [-0.15, -0.1) is 11.3 Å². The number of Topliss-reactive ketones (excluding diaryl/α,β-unsaturated/α-hetero) is 1. The normalized spacial score (nSPS) is 20.4. The third kappa shape index (κ3) is 2.71. The third-order valence-electron chi connectivity index (χ3n) is 4.01. The molecule has 24 heavy (non-hydrogen) atoms. The van der Waals surface area contributed by atoms with Crippen molar-refractivity contribution in [3.8, 4) is 0 Å². The van der Waals surface area contributed by atoms with Crippen molar-refractivity contribution in [1.29, 1.82) is 0 Å². The Hall–Kier alpha value is -2.54. The maximum Gasteiger partial charge on any atom is 0.325 e. The predicted molar refractivity (Wildman–Crippen MR) is 87.4 cm³/mol. The van der Waals surface area contributed by atoms with Crippen LogP contribution in [0.4, 0.5) is 9.18 Å². The van der Waals surface area contributed by atoms with Crippen LogP contribution >= 0.6 is 11.3 Å². The number of carbonyl (C=O) groups excluding carboxylic acids is 3. The Balaban J connectivity index is 1.83. The summed E-state index contributed by atoms with van der Waals surface area (Å²) in [6.45, 7) is 3.10. The van der Waals surface area contributed by atoms with Gasteiger partial charge in [0.2, 0.25) is 0 Å². The molecule has 1 aromatic carbocycles. The smallest absolute Gasteiger partial charge is 0.319 e. The van der Waals surface area contributed by atoms with Gasteiger partial charge in [-0.3, -0.25) is 14.5 Å². The van der Waals surface area contributed by atoms with Crippen LogP contribution in [-0.4, -0.2) is 29.2 Å². The molecule has 1 N–H and O–H groups in total. The van der Waals surface area contributed by atoms with E-state index in [1.54, 1.807) is 13.0 Å². The van der Waals surface area contributed by atoms with Crippen LogP contribution in [0.25, 0.3) is 0 Å². The number of amides is 3. The van der Waals surface area contributed by atoms with E-state index in [2.05, 4.69) is 5.32 Å². The van der Waals surface area contributed by atoms with Gasteiger partial charge < -0.3 is 5.32 Å². The molecule has 0 saturated carbocycles. The number of urea groups is 1. The summed E-state index contributed by atoms with van der Waals surface area (Å²) in [4.78, 5) is 39.5. The molecule has 2 heterocycles. The molecule has 3 rings (SSSR count). The van der Waals surface area contributed by atoms with Crippen LogP contribution in [0.3, 0.4) is 0 Å². The Morgan fingerprint density at radius 1 is 1.21 bits per heavy atom. The fraction of sp³-hybridized carbons (Fsp3) is 0.235. The minimum absolute atomic E-state index is 0.292. The van der Waals surface area contributed by atoms with Gasteiger partial charge in [-0.2, -0.15) is 0 Å². The number of ketones is 1. The SMILES string of the molecule is Cc1ccc(C(=O)CN2C(=O)N[C@@](C)(c3ccc(F)cc3)C2=O)s1. The molecule has 1 aliphatic heterocycles.